The summed E-state index contributed by atoms with van der Waals surface area (Å²) in [6, 6.07) is 8.67. The molecule has 0 fully saturated rings. The van der Waals surface area contributed by atoms with E-state index in [1.165, 1.54) is 31.4 Å². The fraction of sp³-hybridized carbons (Fsp3) is 0.125. The zero-order chi connectivity index (χ0) is 18.0. The summed E-state index contributed by atoms with van der Waals surface area (Å²) in [6.45, 7) is 1.50. The van der Waals surface area contributed by atoms with Gasteiger partial charge in [0.25, 0.3) is 5.89 Å². The molecule has 0 bridgehead atoms. The third-order valence-electron chi connectivity index (χ3n) is 3.40. The van der Waals surface area contributed by atoms with E-state index in [2.05, 4.69) is 10.4 Å². The molecule has 0 aliphatic heterocycles. The van der Waals surface area contributed by atoms with Crippen LogP contribution in [0.2, 0.25) is 5.02 Å². The summed E-state index contributed by atoms with van der Waals surface area (Å²) in [7, 11) is 0. The van der Waals surface area contributed by atoms with Gasteiger partial charge in [0.2, 0.25) is 5.91 Å². The summed E-state index contributed by atoms with van der Waals surface area (Å²) in [5.41, 5.74) is 0.687. The van der Waals surface area contributed by atoms with E-state index in [1.54, 1.807) is 12.1 Å². The highest BCUT2D eigenvalue weighted by atomic mass is 35.5. The molecule has 0 aliphatic rings. The largest absolute Gasteiger partial charge is 0.459 e. The number of carbonyl (C=O) groups is 1. The zero-order valence-electron chi connectivity index (χ0n) is 12.9. The highest BCUT2D eigenvalue weighted by Crippen LogP contribution is 2.21. The van der Waals surface area contributed by atoms with Crippen molar-refractivity contribution in [3.63, 3.8) is 0 Å². The summed E-state index contributed by atoms with van der Waals surface area (Å²) < 4.78 is 11.0. The van der Waals surface area contributed by atoms with Crippen molar-refractivity contribution in [2.45, 2.75) is 13.0 Å². The number of benzene rings is 1. The minimum absolute atomic E-state index is 0.0175. The summed E-state index contributed by atoms with van der Waals surface area (Å²) in [4.78, 5) is 24.3. The number of carbonyl (C=O) groups excluding carboxylic acids is 1. The Hall–Kier alpha value is -3.31. The normalized spacial score (nSPS) is 11.7. The Bertz CT molecular complexity index is 1010. The Morgan fingerprint density at radius 3 is 2.88 bits per heavy atom. The first-order chi connectivity index (χ1) is 12.0. The summed E-state index contributed by atoms with van der Waals surface area (Å²) >= 11 is 5.93. The Morgan fingerprint density at radius 2 is 2.24 bits per heavy atom. The number of hydrogen-bond acceptors (Lipinski definition) is 6. The Balaban J connectivity index is 1.80. The number of halogens is 1. The van der Waals surface area contributed by atoms with Crippen LogP contribution in [0.1, 0.15) is 18.5 Å². The Labute approximate surface area is 146 Å². The van der Waals surface area contributed by atoms with Crippen molar-refractivity contribution in [3.05, 3.63) is 57.7 Å². The van der Waals surface area contributed by atoms with Gasteiger partial charge in [-0.15, -0.1) is 5.10 Å². The number of nitrogens with zero attached hydrogens (tertiary/aromatic N) is 3. The average molecular weight is 359 g/mol. The summed E-state index contributed by atoms with van der Waals surface area (Å²) in [6.07, 6.45) is 1.42. The molecule has 9 heteroatoms. The van der Waals surface area contributed by atoms with Gasteiger partial charge in [0, 0.05) is 5.69 Å². The van der Waals surface area contributed by atoms with Crippen molar-refractivity contribution in [2.75, 3.05) is 5.32 Å². The van der Waals surface area contributed by atoms with Gasteiger partial charge in [-0.2, -0.15) is 9.94 Å². The van der Waals surface area contributed by atoms with E-state index in [4.69, 9.17) is 25.7 Å². The number of nitriles is 1. The average Bonchev–Trinajstić information content (AvgIpc) is 3.23. The molecule has 126 valence electrons. The van der Waals surface area contributed by atoms with Crippen LogP contribution >= 0.6 is 11.6 Å². The SMILES string of the molecule is CC(C(=O)Nc1ccc(C#N)c(Cl)c1)n1nc(-c2ccco2)oc1=O. The van der Waals surface area contributed by atoms with Crippen molar-refractivity contribution >= 4 is 23.2 Å². The van der Waals surface area contributed by atoms with Crippen molar-refractivity contribution in [2.24, 2.45) is 0 Å². The maximum absolute atomic E-state index is 12.3. The second-order valence-corrected chi connectivity index (χ2v) is 5.47. The van der Waals surface area contributed by atoms with Gasteiger partial charge in [-0.1, -0.05) is 11.6 Å². The van der Waals surface area contributed by atoms with Crippen molar-refractivity contribution in [1.29, 1.82) is 5.26 Å². The molecule has 2 aromatic heterocycles. The fourth-order valence-corrected chi connectivity index (χ4v) is 2.30. The van der Waals surface area contributed by atoms with Crippen molar-refractivity contribution in [3.8, 4) is 17.7 Å². The van der Waals surface area contributed by atoms with Crippen molar-refractivity contribution < 1.29 is 13.6 Å². The Morgan fingerprint density at radius 1 is 1.44 bits per heavy atom. The van der Waals surface area contributed by atoms with Crippen LogP contribution in [0.25, 0.3) is 11.7 Å². The number of furan rings is 1. The molecule has 3 rings (SSSR count). The molecule has 1 aromatic carbocycles. The predicted octanol–water partition coefficient (Wildman–Crippen LogP) is 2.82. The molecule has 8 nitrogen and oxygen atoms in total. The van der Waals surface area contributed by atoms with Crippen LogP contribution in [-0.2, 0) is 4.79 Å². The van der Waals surface area contributed by atoms with E-state index in [0.29, 0.717) is 11.3 Å². The van der Waals surface area contributed by atoms with Gasteiger partial charge in [-0.25, -0.2) is 4.79 Å². The number of aromatic nitrogens is 2. The molecule has 2 heterocycles. The number of amides is 1. The lowest BCUT2D eigenvalue weighted by Crippen LogP contribution is -2.30. The molecule has 1 atom stereocenters. The van der Waals surface area contributed by atoms with Gasteiger partial charge in [0.1, 0.15) is 12.1 Å². The van der Waals surface area contributed by atoms with Gasteiger partial charge in [-0.05, 0) is 37.3 Å². The van der Waals surface area contributed by atoms with E-state index >= 15 is 0 Å². The Kier molecular flexibility index (Phi) is 4.41. The molecule has 1 N–H and O–H groups in total. The molecule has 0 spiro atoms. The van der Waals surface area contributed by atoms with Crippen LogP contribution in [0.4, 0.5) is 5.69 Å². The van der Waals surface area contributed by atoms with E-state index in [-0.39, 0.29) is 16.7 Å². The molecule has 1 amide bonds. The van der Waals surface area contributed by atoms with Gasteiger partial charge < -0.3 is 14.2 Å². The third kappa shape index (κ3) is 3.32. The highest BCUT2D eigenvalue weighted by molar-refractivity contribution is 6.32. The fourth-order valence-electron chi connectivity index (χ4n) is 2.07. The van der Waals surface area contributed by atoms with E-state index < -0.39 is 17.7 Å². The number of hydrogen-bond donors (Lipinski definition) is 1. The van der Waals surface area contributed by atoms with E-state index in [0.717, 1.165) is 4.68 Å². The standard InChI is InChI=1S/C16H11ClN4O4/c1-9(14(22)19-11-5-4-10(8-18)12(17)7-11)21-16(23)25-15(20-21)13-3-2-6-24-13/h2-7,9H,1H3,(H,19,22). The lowest BCUT2D eigenvalue weighted by atomic mass is 10.2. The van der Waals surface area contributed by atoms with Crippen LogP contribution in [0, 0.1) is 11.3 Å². The molecule has 1 unspecified atom stereocenters. The number of anilines is 1. The number of rotatable bonds is 4. The minimum Gasteiger partial charge on any atom is -0.459 e. The zero-order valence-corrected chi connectivity index (χ0v) is 13.6. The number of nitrogens with one attached hydrogen (secondary N) is 1. The second-order valence-electron chi connectivity index (χ2n) is 5.07. The second kappa shape index (κ2) is 6.67. The van der Waals surface area contributed by atoms with Crippen LogP contribution in [0.15, 0.2) is 50.2 Å². The van der Waals surface area contributed by atoms with E-state index in [9.17, 15) is 9.59 Å². The summed E-state index contributed by atoms with van der Waals surface area (Å²) in [5, 5.41) is 15.6. The first kappa shape index (κ1) is 16.5. The van der Waals surface area contributed by atoms with Gasteiger partial charge in [0.05, 0.1) is 16.8 Å². The van der Waals surface area contributed by atoms with Crippen LogP contribution in [0.3, 0.4) is 0 Å². The lowest BCUT2D eigenvalue weighted by molar-refractivity contribution is -0.119. The molecule has 25 heavy (non-hydrogen) atoms. The maximum Gasteiger partial charge on any atom is 0.438 e. The van der Waals surface area contributed by atoms with E-state index in [1.807, 2.05) is 6.07 Å². The van der Waals surface area contributed by atoms with Gasteiger partial charge >= 0.3 is 5.76 Å². The smallest absolute Gasteiger partial charge is 0.438 e. The lowest BCUT2D eigenvalue weighted by Gasteiger charge is -2.11. The quantitative estimate of drug-likeness (QED) is 0.767. The molecule has 0 saturated heterocycles. The molecule has 0 saturated carbocycles. The first-order valence-electron chi connectivity index (χ1n) is 7.13. The van der Waals surface area contributed by atoms with Crippen LogP contribution < -0.4 is 11.1 Å². The monoisotopic (exact) mass is 358 g/mol. The first-order valence-corrected chi connectivity index (χ1v) is 7.51. The van der Waals surface area contributed by atoms with Crippen LogP contribution in [-0.4, -0.2) is 15.7 Å². The summed E-state index contributed by atoms with van der Waals surface area (Å²) in [5.74, 6) is -1.02. The molecule has 0 radical (unpaired) electrons. The topological polar surface area (TPSA) is 114 Å². The minimum atomic E-state index is -0.936. The van der Waals surface area contributed by atoms with Crippen LogP contribution in [0.5, 0.6) is 0 Å². The highest BCUT2D eigenvalue weighted by Gasteiger charge is 2.22. The molecule has 0 aliphatic carbocycles. The predicted molar refractivity (Wildman–Crippen MR) is 88.0 cm³/mol. The van der Waals surface area contributed by atoms with Gasteiger partial charge in [-0.3, -0.25) is 4.79 Å². The molecular weight excluding hydrogens is 348 g/mol. The van der Waals surface area contributed by atoms with Crippen molar-refractivity contribution in [1.82, 2.24) is 9.78 Å². The molecular formula is C16H11ClN4O4. The molecule has 3 aromatic rings. The third-order valence-corrected chi connectivity index (χ3v) is 3.72. The maximum atomic E-state index is 12.3. The van der Waals surface area contributed by atoms with Gasteiger partial charge in [0.15, 0.2) is 5.76 Å².